The van der Waals surface area contributed by atoms with Crippen LogP contribution in [0.2, 0.25) is 5.02 Å². The number of methoxy groups -OCH3 is 1. The Morgan fingerprint density at radius 1 is 1.48 bits per heavy atom. The first-order chi connectivity index (χ1) is 10.1. The summed E-state index contributed by atoms with van der Waals surface area (Å²) < 4.78 is 16.6. The topological polar surface area (TPSA) is 65.0 Å². The van der Waals surface area contributed by atoms with Gasteiger partial charge >= 0.3 is 5.97 Å². The van der Waals surface area contributed by atoms with Crippen molar-refractivity contribution in [2.24, 2.45) is 5.92 Å². The highest BCUT2D eigenvalue weighted by Gasteiger charge is 2.39. The van der Waals surface area contributed by atoms with E-state index in [0.29, 0.717) is 41.4 Å². The standard InChI is InChI=1S/C15H17ClO5/c1-19-10-7-11-15(21-5-4-20-11)13(14(10)16)9(6-12(17)18)8-2-3-8/h7-9H,2-6H2,1H3,(H,17,18). The summed E-state index contributed by atoms with van der Waals surface area (Å²) in [6.45, 7) is 0.900. The molecule has 0 amide bonds. The number of carbonyl (C=O) groups is 1. The summed E-state index contributed by atoms with van der Waals surface area (Å²) >= 11 is 6.44. The van der Waals surface area contributed by atoms with Gasteiger partial charge in [-0.25, -0.2) is 0 Å². The van der Waals surface area contributed by atoms with Crippen LogP contribution in [0.25, 0.3) is 0 Å². The molecule has 0 radical (unpaired) electrons. The maximum absolute atomic E-state index is 11.2. The first kappa shape index (κ1) is 14.3. The van der Waals surface area contributed by atoms with Crippen LogP contribution < -0.4 is 14.2 Å². The Kier molecular flexibility index (Phi) is 3.85. The highest BCUT2D eigenvalue weighted by atomic mass is 35.5. The smallest absolute Gasteiger partial charge is 0.303 e. The first-order valence-corrected chi connectivity index (χ1v) is 7.37. The number of carboxylic acid groups (broad SMARTS) is 1. The fourth-order valence-corrected chi connectivity index (χ4v) is 3.19. The Hall–Kier alpha value is -1.62. The van der Waals surface area contributed by atoms with Crippen LogP contribution in [0.5, 0.6) is 17.2 Å². The summed E-state index contributed by atoms with van der Waals surface area (Å²) in [5.74, 6) is 0.975. The summed E-state index contributed by atoms with van der Waals surface area (Å²) in [7, 11) is 1.53. The van der Waals surface area contributed by atoms with E-state index < -0.39 is 5.97 Å². The Labute approximate surface area is 127 Å². The molecule has 114 valence electrons. The number of hydrogen-bond acceptors (Lipinski definition) is 4. The third-order valence-electron chi connectivity index (χ3n) is 3.95. The van der Waals surface area contributed by atoms with E-state index in [9.17, 15) is 9.90 Å². The number of benzene rings is 1. The van der Waals surface area contributed by atoms with Crippen LogP contribution in [0, 0.1) is 5.92 Å². The molecule has 1 atom stereocenters. The van der Waals surface area contributed by atoms with Crippen LogP contribution >= 0.6 is 11.6 Å². The highest BCUT2D eigenvalue weighted by molar-refractivity contribution is 6.33. The Morgan fingerprint density at radius 3 is 2.81 bits per heavy atom. The number of carboxylic acids is 1. The fourth-order valence-electron chi connectivity index (χ4n) is 2.84. The molecule has 2 aliphatic rings. The molecule has 1 saturated carbocycles. The van der Waals surface area contributed by atoms with Crippen LogP contribution in [-0.2, 0) is 4.79 Å². The second-order valence-electron chi connectivity index (χ2n) is 5.37. The van der Waals surface area contributed by atoms with Gasteiger partial charge in [0.05, 0.1) is 18.6 Å². The van der Waals surface area contributed by atoms with E-state index in [4.69, 9.17) is 25.8 Å². The summed E-state index contributed by atoms with van der Waals surface area (Å²) in [6.07, 6.45) is 2.07. The summed E-state index contributed by atoms with van der Waals surface area (Å²) in [6, 6.07) is 1.70. The van der Waals surface area contributed by atoms with Crippen molar-refractivity contribution in [3.8, 4) is 17.2 Å². The molecule has 1 aromatic rings. The van der Waals surface area contributed by atoms with Gasteiger partial charge in [-0.3, -0.25) is 4.79 Å². The van der Waals surface area contributed by atoms with Crippen LogP contribution in [0.3, 0.4) is 0 Å². The maximum atomic E-state index is 11.2. The zero-order valence-electron chi connectivity index (χ0n) is 11.7. The van der Waals surface area contributed by atoms with Crippen LogP contribution in [0.15, 0.2) is 6.07 Å². The molecule has 0 bridgehead atoms. The lowest BCUT2D eigenvalue weighted by Gasteiger charge is -2.27. The molecule has 0 aromatic heterocycles. The average molecular weight is 313 g/mol. The molecule has 1 fully saturated rings. The lowest BCUT2D eigenvalue weighted by atomic mass is 9.89. The lowest BCUT2D eigenvalue weighted by Crippen LogP contribution is -2.19. The molecular weight excluding hydrogens is 296 g/mol. The molecule has 5 nitrogen and oxygen atoms in total. The van der Waals surface area contributed by atoms with E-state index in [1.54, 1.807) is 6.07 Å². The minimum atomic E-state index is -0.837. The van der Waals surface area contributed by atoms with E-state index in [1.165, 1.54) is 7.11 Å². The maximum Gasteiger partial charge on any atom is 0.303 e. The van der Waals surface area contributed by atoms with Gasteiger partial charge in [0.2, 0.25) is 0 Å². The van der Waals surface area contributed by atoms with Gasteiger partial charge in [0.25, 0.3) is 0 Å². The Bertz CT molecular complexity index is 568. The van der Waals surface area contributed by atoms with Gasteiger partial charge < -0.3 is 19.3 Å². The minimum absolute atomic E-state index is 0.0351. The van der Waals surface area contributed by atoms with Crippen LogP contribution in [0.1, 0.15) is 30.7 Å². The number of rotatable bonds is 5. The van der Waals surface area contributed by atoms with Crippen molar-refractivity contribution < 1.29 is 24.1 Å². The van der Waals surface area contributed by atoms with Crippen molar-refractivity contribution in [1.82, 2.24) is 0 Å². The molecule has 1 aromatic carbocycles. The highest BCUT2D eigenvalue weighted by Crippen LogP contribution is 2.54. The molecule has 3 rings (SSSR count). The normalized spacial score (nSPS) is 18.2. The van der Waals surface area contributed by atoms with Crippen molar-refractivity contribution in [2.45, 2.75) is 25.2 Å². The van der Waals surface area contributed by atoms with Crippen molar-refractivity contribution in [1.29, 1.82) is 0 Å². The van der Waals surface area contributed by atoms with Gasteiger partial charge in [0.1, 0.15) is 19.0 Å². The average Bonchev–Trinajstić information content (AvgIpc) is 3.29. The zero-order chi connectivity index (χ0) is 15.0. The first-order valence-electron chi connectivity index (χ1n) is 6.99. The predicted molar refractivity (Wildman–Crippen MR) is 76.7 cm³/mol. The summed E-state index contributed by atoms with van der Waals surface area (Å²) in [5, 5.41) is 9.63. The molecule has 0 spiro atoms. The van der Waals surface area contributed by atoms with Gasteiger partial charge in [-0.15, -0.1) is 0 Å². The van der Waals surface area contributed by atoms with Crippen molar-refractivity contribution in [3.63, 3.8) is 0 Å². The van der Waals surface area contributed by atoms with Crippen molar-refractivity contribution >= 4 is 17.6 Å². The van der Waals surface area contributed by atoms with E-state index >= 15 is 0 Å². The molecule has 1 unspecified atom stereocenters. The monoisotopic (exact) mass is 312 g/mol. The number of fused-ring (bicyclic) bond motifs is 1. The van der Waals surface area contributed by atoms with E-state index in [0.717, 1.165) is 18.4 Å². The Morgan fingerprint density at radius 2 is 2.19 bits per heavy atom. The van der Waals surface area contributed by atoms with Crippen LogP contribution in [0.4, 0.5) is 0 Å². The van der Waals surface area contributed by atoms with Gasteiger partial charge in [-0.1, -0.05) is 11.6 Å². The summed E-state index contributed by atoms with van der Waals surface area (Å²) in [4.78, 5) is 11.2. The van der Waals surface area contributed by atoms with E-state index in [2.05, 4.69) is 0 Å². The SMILES string of the molecule is COc1cc2c(c(C(CC(=O)O)C3CC3)c1Cl)OCCO2. The van der Waals surface area contributed by atoms with Gasteiger partial charge in [0, 0.05) is 17.5 Å². The molecule has 1 aliphatic carbocycles. The van der Waals surface area contributed by atoms with Gasteiger partial charge in [-0.2, -0.15) is 0 Å². The summed E-state index contributed by atoms with van der Waals surface area (Å²) in [5.41, 5.74) is 0.718. The largest absolute Gasteiger partial charge is 0.495 e. The molecule has 0 saturated heterocycles. The van der Waals surface area contributed by atoms with Gasteiger partial charge in [-0.05, 0) is 18.8 Å². The molecule has 1 aliphatic heterocycles. The molecule has 21 heavy (non-hydrogen) atoms. The number of ether oxygens (including phenoxy) is 3. The second-order valence-corrected chi connectivity index (χ2v) is 5.75. The molecule has 1 N–H and O–H groups in total. The van der Waals surface area contributed by atoms with Gasteiger partial charge in [0.15, 0.2) is 11.5 Å². The minimum Gasteiger partial charge on any atom is -0.495 e. The quantitative estimate of drug-likeness (QED) is 0.905. The fraction of sp³-hybridized carbons (Fsp3) is 0.533. The van der Waals surface area contributed by atoms with Crippen molar-refractivity contribution in [2.75, 3.05) is 20.3 Å². The number of hydrogen-bond donors (Lipinski definition) is 1. The number of aliphatic carboxylic acids is 1. The van der Waals surface area contributed by atoms with E-state index in [1.807, 2.05) is 0 Å². The van der Waals surface area contributed by atoms with Crippen LogP contribution in [-0.4, -0.2) is 31.4 Å². The third-order valence-corrected chi connectivity index (χ3v) is 4.34. The molecule has 1 heterocycles. The number of halogens is 1. The van der Waals surface area contributed by atoms with E-state index in [-0.39, 0.29) is 12.3 Å². The zero-order valence-corrected chi connectivity index (χ0v) is 12.5. The molecule has 6 heteroatoms. The second kappa shape index (κ2) is 5.64. The third kappa shape index (κ3) is 2.75. The Balaban J connectivity index is 2.11. The molecular formula is C15H17ClO5. The predicted octanol–water partition coefficient (Wildman–Crippen LogP) is 3.09. The van der Waals surface area contributed by atoms with Crippen molar-refractivity contribution in [3.05, 3.63) is 16.7 Å². The lowest BCUT2D eigenvalue weighted by molar-refractivity contribution is -0.137.